The molecule has 1 rings (SSSR count). The van der Waals surface area contributed by atoms with Crippen molar-refractivity contribution in [2.45, 2.75) is 46.6 Å². The molecule has 0 bridgehead atoms. The van der Waals surface area contributed by atoms with Gasteiger partial charge in [-0.2, -0.15) is 0 Å². The summed E-state index contributed by atoms with van der Waals surface area (Å²) in [5, 5.41) is 11.4. The van der Waals surface area contributed by atoms with Crippen LogP contribution in [0.25, 0.3) is 0 Å². The van der Waals surface area contributed by atoms with Crippen LogP contribution in [0.5, 0.6) is 0 Å². The Balaban J connectivity index is 2.70. The van der Waals surface area contributed by atoms with E-state index in [1.807, 2.05) is 0 Å². The normalized spacial score (nSPS) is 15.5. The van der Waals surface area contributed by atoms with Gasteiger partial charge in [0.2, 0.25) is 0 Å². The fourth-order valence-electron chi connectivity index (χ4n) is 2.41. The summed E-state index contributed by atoms with van der Waals surface area (Å²) in [4.78, 5) is 0. The maximum atomic E-state index is 10.2. The predicted octanol–water partition coefficient (Wildman–Crippen LogP) is 5.49. The predicted molar refractivity (Wildman–Crippen MR) is 79.3 cm³/mol. The van der Waals surface area contributed by atoms with Gasteiger partial charge in [0.1, 0.15) is 0 Å². The molecule has 2 unspecified atom stereocenters. The second-order valence-corrected chi connectivity index (χ2v) is 7.13. The first-order chi connectivity index (χ1) is 8.19. The standard InChI is InChI=1S/C15H22Cl2O/c1-10(9-15(2,3)4)7-14(18)12-8-11(16)5-6-13(12)17/h5-6,8,10,14,18H,7,9H2,1-4H3. The van der Waals surface area contributed by atoms with Crippen molar-refractivity contribution >= 4 is 23.2 Å². The Morgan fingerprint density at radius 1 is 1.22 bits per heavy atom. The smallest absolute Gasteiger partial charge is 0.0807 e. The lowest BCUT2D eigenvalue weighted by molar-refractivity contribution is 0.134. The van der Waals surface area contributed by atoms with Crippen molar-refractivity contribution in [1.82, 2.24) is 0 Å². The van der Waals surface area contributed by atoms with E-state index in [1.54, 1.807) is 18.2 Å². The molecule has 0 heterocycles. The lowest BCUT2D eigenvalue weighted by Gasteiger charge is -2.25. The number of rotatable bonds is 4. The molecular formula is C15H22Cl2O. The van der Waals surface area contributed by atoms with Crippen LogP contribution in [0.15, 0.2) is 18.2 Å². The van der Waals surface area contributed by atoms with Crippen molar-refractivity contribution in [2.75, 3.05) is 0 Å². The van der Waals surface area contributed by atoms with E-state index >= 15 is 0 Å². The van der Waals surface area contributed by atoms with Crippen molar-refractivity contribution in [2.24, 2.45) is 11.3 Å². The maximum Gasteiger partial charge on any atom is 0.0807 e. The average Bonchev–Trinajstić information content (AvgIpc) is 2.18. The summed E-state index contributed by atoms with van der Waals surface area (Å²) >= 11 is 12.0. The molecule has 0 radical (unpaired) electrons. The van der Waals surface area contributed by atoms with Crippen LogP contribution in [-0.2, 0) is 0 Å². The van der Waals surface area contributed by atoms with Gasteiger partial charge in [-0.3, -0.25) is 0 Å². The molecule has 0 aliphatic rings. The van der Waals surface area contributed by atoms with E-state index in [2.05, 4.69) is 27.7 Å². The first-order valence-electron chi connectivity index (χ1n) is 6.32. The minimum Gasteiger partial charge on any atom is -0.388 e. The van der Waals surface area contributed by atoms with Gasteiger partial charge in [-0.1, -0.05) is 50.9 Å². The topological polar surface area (TPSA) is 20.2 Å². The Morgan fingerprint density at radius 3 is 2.39 bits per heavy atom. The Morgan fingerprint density at radius 2 is 1.83 bits per heavy atom. The van der Waals surface area contributed by atoms with Crippen molar-refractivity contribution < 1.29 is 5.11 Å². The quantitative estimate of drug-likeness (QED) is 0.777. The molecule has 0 fully saturated rings. The minimum absolute atomic E-state index is 0.275. The van der Waals surface area contributed by atoms with Gasteiger partial charge < -0.3 is 5.11 Å². The third-order valence-corrected chi connectivity index (χ3v) is 3.48. The minimum atomic E-state index is -0.548. The SMILES string of the molecule is CC(CC(O)c1cc(Cl)ccc1Cl)CC(C)(C)C. The second kappa shape index (κ2) is 6.27. The van der Waals surface area contributed by atoms with Crippen LogP contribution >= 0.6 is 23.2 Å². The number of aliphatic hydroxyl groups excluding tert-OH is 1. The van der Waals surface area contributed by atoms with E-state index in [4.69, 9.17) is 23.2 Å². The van der Waals surface area contributed by atoms with Crippen molar-refractivity contribution in [3.63, 3.8) is 0 Å². The molecular weight excluding hydrogens is 267 g/mol. The fourth-order valence-corrected chi connectivity index (χ4v) is 2.83. The molecule has 0 aliphatic carbocycles. The van der Waals surface area contributed by atoms with Crippen LogP contribution in [0.2, 0.25) is 10.0 Å². The van der Waals surface area contributed by atoms with Crippen molar-refractivity contribution in [3.05, 3.63) is 33.8 Å². The molecule has 0 aliphatic heterocycles. The van der Waals surface area contributed by atoms with E-state index < -0.39 is 6.10 Å². The summed E-state index contributed by atoms with van der Waals surface area (Å²) in [7, 11) is 0. The lowest BCUT2D eigenvalue weighted by Crippen LogP contribution is -2.13. The summed E-state index contributed by atoms with van der Waals surface area (Å²) in [6.45, 7) is 8.79. The van der Waals surface area contributed by atoms with Gasteiger partial charge in [0.15, 0.2) is 0 Å². The highest BCUT2D eigenvalue weighted by molar-refractivity contribution is 6.33. The second-order valence-electron chi connectivity index (χ2n) is 6.29. The number of benzene rings is 1. The Kier molecular flexibility index (Phi) is 5.51. The maximum absolute atomic E-state index is 10.2. The van der Waals surface area contributed by atoms with Gasteiger partial charge in [-0.15, -0.1) is 0 Å². The number of halogens is 2. The van der Waals surface area contributed by atoms with Crippen LogP contribution in [0.3, 0.4) is 0 Å². The zero-order valence-electron chi connectivity index (χ0n) is 11.5. The molecule has 18 heavy (non-hydrogen) atoms. The average molecular weight is 289 g/mol. The third kappa shape index (κ3) is 5.17. The highest BCUT2D eigenvalue weighted by Crippen LogP contribution is 2.33. The Bertz CT molecular complexity index is 396. The van der Waals surface area contributed by atoms with Gasteiger partial charge in [-0.25, -0.2) is 0 Å². The van der Waals surface area contributed by atoms with E-state index in [9.17, 15) is 5.11 Å². The monoisotopic (exact) mass is 288 g/mol. The van der Waals surface area contributed by atoms with Crippen LogP contribution < -0.4 is 0 Å². The molecule has 0 amide bonds. The molecule has 0 saturated carbocycles. The van der Waals surface area contributed by atoms with Gasteiger partial charge >= 0.3 is 0 Å². The molecule has 3 heteroatoms. The van der Waals surface area contributed by atoms with Crippen molar-refractivity contribution in [3.8, 4) is 0 Å². The zero-order valence-corrected chi connectivity index (χ0v) is 13.0. The number of hydrogen-bond donors (Lipinski definition) is 1. The molecule has 0 aromatic heterocycles. The van der Waals surface area contributed by atoms with E-state index in [0.717, 1.165) is 12.0 Å². The van der Waals surface area contributed by atoms with Crippen LogP contribution in [0, 0.1) is 11.3 Å². The highest BCUT2D eigenvalue weighted by Gasteiger charge is 2.20. The molecule has 102 valence electrons. The summed E-state index contributed by atoms with van der Waals surface area (Å²) < 4.78 is 0. The summed E-state index contributed by atoms with van der Waals surface area (Å²) in [5.41, 5.74) is 1.00. The van der Waals surface area contributed by atoms with Crippen LogP contribution in [0.1, 0.15) is 52.2 Å². The third-order valence-electron chi connectivity index (χ3n) is 2.90. The first kappa shape index (κ1) is 15.8. The van der Waals surface area contributed by atoms with Gasteiger partial charge in [0.05, 0.1) is 6.10 Å². The van der Waals surface area contributed by atoms with E-state index in [0.29, 0.717) is 22.4 Å². The molecule has 0 spiro atoms. The Hall–Kier alpha value is -0.240. The molecule has 1 aromatic rings. The zero-order chi connectivity index (χ0) is 13.9. The number of aliphatic hydroxyl groups is 1. The Labute approximate surface area is 120 Å². The van der Waals surface area contributed by atoms with Gasteiger partial charge in [0, 0.05) is 15.6 Å². The van der Waals surface area contributed by atoms with E-state index in [1.165, 1.54) is 0 Å². The largest absolute Gasteiger partial charge is 0.388 e. The van der Waals surface area contributed by atoms with Gasteiger partial charge in [0.25, 0.3) is 0 Å². The van der Waals surface area contributed by atoms with Crippen LogP contribution in [-0.4, -0.2) is 5.11 Å². The summed E-state index contributed by atoms with van der Waals surface area (Å²) in [6.07, 6.45) is 1.23. The molecule has 0 saturated heterocycles. The fraction of sp³-hybridized carbons (Fsp3) is 0.600. The first-order valence-corrected chi connectivity index (χ1v) is 7.07. The number of hydrogen-bond acceptors (Lipinski definition) is 1. The summed E-state index contributed by atoms with van der Waals surface area (Å²) in [5.74, 6) is 0.440. The highest BCUT2D eigenvalue weighted by atomic mass is 35.5. The molecule has 1 nitrogen and oxygen atoms in total. The molecule has 1 N–H and O–H groups in total. The van der Waals surface area contributed by atoms with Crippen LogP contribution in [0.4, 0.5) is 0 Å². The molecule has 2 atom stereocenters. The van der Waals surface area contributed by atoms with Gasteiger partial charge in [-0.05, 0) is 42.4 Å². The van der Waals surface area contributed by atoms with E-state index in [-0.39, 0.29) is 5.41 Å². The van der Waals surface area contributed by atoms with Crippen molar-refractivity contribution in [1.29, 1.82) is 0 Å². The lowest BCUT2D eigenvalue weighted by atomic mass is 9.82. The summed E-state index contributed by atoms with van der Waals surface area (Å²) in [6, 6.07) is 5.22. The molecule has 1 aromatic carbocycles.